The van der Waals surface area contributed by atoms with E-state index in [1.807, 2.05) is 77.6 Å². The minimum absolute atomic E-state index is 0.791. The van der Waals surface area contributed by atoms with E-state index in [0.29, 0.717) is 0 Å². The van der Waals surface area contributed by atoms with Crippen molar-refractivity contribution in [1.82, 2.24) is 24.6 Å². The van der Waals surface area contributed by atoms with Crippen LogP contribution in [0.25, 0.3) is 28.2 Å². The van der Waals surface area contributed by atoms with Gasteiger partial charge >= 0.3 is 0 Å². The number of H-pyrrole nitrogens is 1. The lowest BCUT2D eigenvalue weighted by Crippen LogP contribution is -1.92. The quantitative estimate of drug-likeness (QED) is 0.513. The lowest BCUT2D eigenvalue weighted by atomic mass is 10.1. The van der Waals surface area contributed by atoms with Crippen LogP contribution in [0.15, 0.2) is 85.6 Å². The second-order valence-corrected chi connectivity index (χ2v) is 6.07. The Labute approximate surface area is 155 Å². The zero-order chi connectivity index (χ0) is 18.1. The molecule has 5 aromatic rings. The smallest absolute Gasteiger partial charge is 0.155 e. The van der Waals surface area contributed by atoms with Crippen LogP contribution in [0.2, 0.25) is 0 Å². The molecule has 0 saturated carbocycles. The molecule has 0 unspecified atom stereocenters. The lowest BCUT2D eigenvalue weighted by Gasteiger charge is -2.07. The van der Waals surface area contributed by atoms with Gasteiger partial charge in [0.2, 0.25) is 0 Å². The van der Waals surface area contributed by atoms with Gasteiger partial charge in [-0.15, -0.1) is 0 Å². The normalized spacial score (nSPS) is 11.0. The van der Waals surface area contributed by atoms with Crippen molar-refractivity contribution in [3.05, 3.63) is 85.6 Å². The number of imidazole rings is 1. The Morgan fingerprint density at radius 1 is 0.778 bits per heavy atom. The van der Waals surface area contributed by atoms with E-state index in [9.17, 15) is 0 Å². The van der Waals surface area contributed by atoms with Crippen LogP contribution in [0, 0.1) is 0 Å². The SMILES string of the molecule is c1ccc(Oc2ccc(-c3cnc4cnc(-c5cn[nH]c5)cn34)cc2)cc1. The number of hydrogen-bond donors (Lipinski definition) is 1. The van der Waals surface area contributed by atoms with E-state index in [0.717, 1.165) is 39.7 Å². The minimum Gasteiger partial charge on any atom is -0.457 e. The zero-order valence-corrected chi connectivity index (χ0v) is 14.3. The molecule has 0 amide bonds. The molecule has 3 aromatic heterocycles. The predicted molar refractivity (Wildman–Crippen MR) is 103 cm³/mol. The summed E-state index contributed by atoms with van der Waals surface area (Å²) in [6.07, 6.45) is 9.15. The highest BCUT2D eigenvalue weighted by Crippen LogP contribution is 2.27. The Hall–Kier alpha value is -3.93. The number of fused-ring (bicyclic) bond motifs is 1. The molecule has 6 heteroatoms. The molecular formula is C21H15N5O. The third-order valence-corrected chi connectivity index (χ3v) is 4.32. The number of hydrogen-bond acceptors (Lipinski definition) is 4. The molecule has 0 spiro atoms. The molecular weight excluding hydrogens is 338 g/mol. The number of ether oxygens (including phenoxy) is 1. The summed E-state index contributed by atoms with van der Waals surface area (Å²) in [4.78, 5) is 8.91. The van der Waals surface area contributed by atoms with Gasteiger partial charge in [0, 0.05) is 23.5 Å². The van der Waals surface area contributed by atoms with Gasteiger partial charge in [-0.1, -0.05) is 18.2 Å². The molecule has 0 atom stereocenters. The summed E-state index contributed by atoms with van der Waals surface area (Å²) < 4.78 is 7.89. The molecule has 3 heterocycles. The fraction of sp³-hybridized carbons (Fsp3) is 0. The first kappa shape index (κ1) is 15.3. The molecule has 6 nitrogen and oxygen atoms in total. The first-order valence-corrected chi connectivity index (χ1v) is 8.52. The van der Waals surface area contributed by atoms with E-state index in [1.165, 1.54) is 0 Å². The van der Waals surface area contributed by atoms with Crippen molar-refractivity contribution in [3.8, 4) is 34.0 Å². The Kier molecular flexibility index (Phi) is 3.65. The number of aromatic amines is 1. The van der Waals surface area contributed by atoms with Gasteiger partial charge in [-0.3, -0.25) is 14.5 Å². The summed E-state index contributed by atoms with van der Waals surface area (Å²) in [7, 11) is 0. The fourth-order valence-corrected chi connectivity index (χ4v) is 2.96. The van der Waals surface area contributed by atoms with Crippen molar-refractivity contribution >= 4 is 5.65 Å². The molecule has 0 aliphatic carbocycles. The monoisotopic (exact) mass is 353 g/mol. The van der Waals surface area contributed by atoms with Crippen LogP contribution in [0.4, 0.5) is 0 Å². The Morgan fingerprint density at radius 3 is 2.37 bits per heavy atom. The van der Waals surface area contributed by atoms with Crippen LogP contribution in [0.3, 0.4) is 0 Å². The van der Waals surface area contributed by atoms with E-state index in [-0.39, 0.29) is 0 Å². The average Bonchev–Trinajstić information content (AvgIpc) is 3.39. The number of para-hydroxylation sites is 1. The molecule has 1 N–H and O–H groups in total. The molecule has 2 aromatic carbocycles. The third-order valence-electron chi connectivity index (χ3n) is 4.32. The summed E-state index contributed by atoms with van der Waals surface area (Å²) in [5, 5.41) is 6.80. The van der Waals surface area contributed by atoms with Crippen molar-refractivity contribution in [2.24, 2.45) is 0 Å². The molecule has 0 radical (unpaired) electrons. The van der Waals surface area contributed by atoms with Gasteiger partial charge in [0.15, 0.2) is 5.65 Å². The van der Waals surface area contributed by atoms with Gasteiger partial charge in [-0.05, 0) is 36.4 Å². The molecule has 5 rings (SSSR count). The van der Waals surface area contributed by atoms with Crippen LogP contribution in [0.1, 0.15) is 0 Å². The average molecular weight is 353 g/mol. The number of aromatic nitrogens is 5. The maximum Gasteiger partial charge on any atom is 0.155 e. The summed E-state index contributed by atoms with van der Waals surface area (Å²) in [5.74, 6) is 1.61. The second kappa shape index (κ2) is 6.42. The molecule has 0 aliphatic rings. The maximum atomic E-state index is 5.86. The molecule has 0 saturated heterocycles. The highest BCUT2D eigenvalue weighted by Gasteiger charge is 2.09. The molecule has 0 aliphatic heterocycles. The van der Waals surface area contributed by atoms with E-state index in [4.69, 9.17) is 4.74 Å². The minimum atomic E-state index is 0.791. The first-order chi connectivity index (χ1) is 13.4. The summed E-state index contributed by atoms with van der Waals surface area (Å²) in [5.41, 5.74) is 4.60. The Balaban J connectivity index is 1.49. The van der Waals surface area contributed by atoms with Crippen molar-refractivity contribution in [2.45, 2.75) is 0 Å². The molecule has 130 valence electrons. The molecule has 0 bridgehead atoms. The lowest BCUT2D eigenvalue weighted by molar-refractivity contribution is 0.483. The predicted octanol–water partition coefficient (Wildman–Crippen LogP) is 4.58. The zero-order valence-electron chi connectivity index (χ0n) is 14.3. The highest BCUT2D eigenvalue weighted by atomic mass is 16.5. The van der Waals surface area contributed by atoms with Crippen molar-refractivity contribution in [2.75, 3.05) is 0 Å². The topological polar surface area (TPSA) is 68.1 Å². The van der Waals surface area contributed by atoms with E-state index >= 15 is 0 Å². The molecule has 0 fully saturated rings. The number of benzene rings is 2. The summed E-state index contributed by atoms with van der Waals surface area (Å²) in [6.45, 7) is 0. The van der Waals surface area contributed by atoms with Gasteiger partial charge < -0.3 is 4.74 Å². The summed E-state index contributed by atoms with van der Waals surface area (Å²) in [6, 6.07) is 17.7. The summed E-state index contributed by atoms with van der Waals surface area (Å²) >= 11 is 0. The highest BCUT2D eigenvalue weighted by molar-refractivity contribution is 5.66. The van der Waals surface area contributed by atoms with E-state index in [2.05, 4.69) is 20.2 Å². The fourth-order valence-electron chi connectivity index (χ4n) is 2.96. The van der Waals surface area contributed by atoms with Gasteiger partial charge in [-0.2, -0.15) is 5.10 Å². The van der Waals surface area contributed by atoms with Crippen molar-refractivity contribution < 1.29 is 4.74 Å². The molecule has 27 heavy (non-hydrogen) atoms. The third kappa shape index (κ3) is 2.93. The van der Waals surface area contributed by atoms with E-state index in [1.54, 1.807) is 12.4 Å². The van der Waals surface area contributed by atoms with Gasteiger partial charge in [0.1, 0.15) is 11.5 Å². The van der Waals surface area contributed by atoms with Gasteiger partial charge in [-0.25, -0.2) is 4.98 Å². The Morgan fingerprint density at radius 2 is 1.59 bits per heavy atom. The Bertz CT molecular complexity index is 1180. The van der Waals surface area contributed by atoms with Crippen LogP contribution in [-0.2, 0) is 0 Å². The standard InChI is InChI=1S/C21H15N5O/c1-2-4-17(5-3-1)27-18-8-6-15(7-9-18)20-12-23-21-13-22-19(14-26(20)21)16-10-24-25-11-16/h1-14H,(H,24,25). The van der Waals surface area contributed by atoms with Crippen LogP contribution in [0.5, 0.6) is 11.5 Å². The number of rotatable bonds is 4. The van der Waals surface area contributed by atoms with Crippen molar-refractivity contribution in [1.29, 1.82) is 0 Å². The largest absolute Gasteiger partial charge is 0.457 e. The van der Waals surface area contributed by atoms with Crippen molar-refractivity contribution in [3.63, 3.8) is 0 Å². The van der Waals surface area contributed by atoms with Crippen LogP contribution >= 0.6 is 0 Å². The van der Waals surface area contributed by atoms with Crippen LogP contribution < -0.4 is 4.74 Å². The maximum absolute atomic E-state index is 5.86. The van der Waals surface area contributed by atoms with E-state index < -0.39 is 0 Å². The number of nitrogens with one attached hydrogen (secondary N) is 1. The second-order valence-electron chi connectivity index (χ2n) is 6.07. The number of nitrogens with zero attached hydrogens (tertiary/aromatic N) is 4. The van der Waals surface area contributed by atoms with Gasteiger partial charge in [0.25, 0.3) is 0 Å². The van der Waals surface area contributed by atoms with Crippen LogP contribution in [-0.4, -0.2) is 24.6 Å². The van der Waals surface area contributed by atoms with Gasteiger partial charge in [0.05, 0.1) is 30.0 Å². The first-order valence-electron chi connectivity index (χ1n) is 8.52.